The van der Waals surface area contributed by atoms with E-state index in [1.165, 1.54) is 31.3 Å². The second-order valence-corrected chi connectivity index (χ2v) is 13.3. The average Bonchev–Trinajstić information content (AvgIpc) is 3.85. The summed E-state index contributed by atoms with van der Waals surface area (Å²) in [5, 5.41) is 7.06. The maximum Gasteiger partial charge on any atom is 0.417 e. The number of esters is 2. The molecule has 0 spiro atoms. The van der Waals surface area contributed by atoms with E-state index in [0.717, 1.165) is 39.0 Å². The Labute approximate surface area is 266 Å². The lowest BCUT2D eigenvalue weighted by molar-refractivity contribution is -0.173. The minimum atomic E-state index is -0.890. The first-order valence-electron chi connectivity index (χ1n) is 15.5. The number of ether oxygens (including phenoxy) is 4. The molecule has 2 unspecified atom stereocenters. The number of fused-ring (bicyclic) bond motifs is 2. The molecule has 2 aliphatic rings. The lowest BCUT2D eigenvalue weighted by Crippen LogP contribution is -2.33. The van der Waals surface area contributed by atoms with Crippen molar-refractivity contribution in [1.29, 1.82) is 0 Å². The number of likely N-dealkylation sites (tertiary alicyclic amines) is 2. The number of hydrogen-bond donors (Lipinski definition) is 0. The van der Waals surface area contributed by atoms with Crippen molar-refractivity contribution in [2.24, 2.45) is 0 Å². The van der Waals surface area contributed by atoms with Gasteiger partial charge in [-0.15, -0.1) is 22.7 Å². The topological polar surface area (TPSA) is 77.5 Å². The molecule has 10 heteroatoms. The van der Waals surface area contributed by atoms with Crippen molar-refractivity contribution in [3.05, 3.63) is 70.4 Å². The van der Waals surface area contributed by atoms with Crippen LogP contribution in [0.3, 0.4) is 0 Å². The molecule has 2 atom stereocenters. The number of thiophene rings is 2. The van der Waals surface area contributed by atoms with Crippen LogP contribution in [0.25, 0.3) is 20.2 Å². The molecule has 2 aliphatic heterocycles. The zero-order valence-electron chi connectivity index (χ0n) is 25.0. The quantitative estimate of drug-likeness (QED) is 0.107. The molecule has 44 heavy (non-hydrogen) atoms. The summed E-state index contributed by atoms with van der Waals surface area (Å²) in [6.45, 7) is 7.00. The van der Waals surface area contributed by atoms with E-state index < -0.39 is 11.9 Å². The first-order chi connectivity index (χ1) is 21.6. The van der Waals surface area contributed by atoms with Crippen LogP contribution >= 0.6 is 22.7 Å². The van der Waals surface area contributed by atoms with Gasteiger partial charge in [-0.2, -0.15) is 0 Å². The third kappa shape index (κ3) is 8.24. The standard InChI is InChI=1S/C34H40N2O6S2/c37-33(41-27-9-13-35(21-27)15-19-39-17-11-25-23-43-31-7-3-1-5-29(25)31)34(38)42-28-10-14-36(22-28)16-20-40-18-12-26-24-44-32-8-4-2-6-30(26)32/h1-8,23-24,27-28H,9-22H2. The second-order valence-electron chi connectivity index (χ2n) is 11.5. The normalized spacial score (nSPS) is 19.3. The van der Waals surface area contributed by atoms with Crippen molar-refractivity contribution >= 4 is 54.8 Å². The highest BCUT2D eigenvalue weighted by atomic mass is 32.1. The summed E-state index contributed by atoms with van der Waals surface area (Å²) in [5.74, 6) is -1.78. The zero-order valence-corrected chi connectivity index (χ0v) is 26.6. The summed E-state index contributed by atoms with van der Waals surface area (Å²) in [5.41, 5.74) is 2.67. The third-order valence-corrected chi connectivity index (χ3v) is 10.5. The number of hydrogen-bond acceptors (Lipinski definition) is 10. The molecular formula is C34H40N2O6S2. The molecule has 2 saturated heterocycles. The molecule has 0 bridgehead atoms. The SMILES string of the molecule is O=C(OC1CCN(CCOCCc2csc3ccccc23)C1)C(=O)OC1CCN(CCOCCc2csc3ccccc23)C1. The number of nitrogens with zero attached hydrogens (tertiary/aromatic N) is 2. The minimum Gasteiger partial charge on any atom is -0.453 e. The zero-order chi connectivity index (χ0) is 30.1. The summed E-state index contributed by atoms with van der Waals surface area (Å²) < 4.78 is 25.4. The summed E-state index contributed by atoms with van der Waals surface area (Å²) >= 11 is 3.55. The summed E-state index contributed by atoms with van der Waals surface area (Å²) in [4.78, 5) is 29.3. The van der Waals surface area contributed by atoms with Crippen LogP contribution < -0.4 is 0 Å². The Balaban J connectivity index is 0.805. The maximum atomic E-state index is 12.4. The molecule has 2 aromatic heterocycles. The van der Waals surface area contributed by atoms with Gasteiger partial charge in [-0.25, -0.2) is 9.59 Å². The van der Waals surface area contributed by atoms with Gasteiger partial charge < -0.3 is 18.9 Å². The lowest BCUT2D eigenvalue weighted by atomic mass is 10.1. The Hall–Kier alpha value is -2.86. The van der Waals surface area contributed by atoms with Crippen molar-refractivity contribution in [2.75, 3.05) is 65.7 Å². The Morgan fingerprint density at radius 2 is 1.11 bits per heavy atom. The van der Waals surface area contributed by atoms with Crippen molar-refractivity contribution in [3.63, 3.8) is 0 Å². The Morgan fingerprint density at radius 3 is 1.59 bits per heavy atom. The molecule has 0 aliphatic carbocycles. The van der Waals surface area contributed by atoms with Crippen molar-refractivity contribution in [1.82, 2.24) is 9.80 Å². The highest BCUT2D eigenvalue weighted by Crippen LogP contribution is 2.27. The molecule has 2 aromatic carbocycles. The van der Waals surface area contributed by atoms with E-state index in [4.69, 9.17) is 18.9 Å². The largest absolute Gasteiger partial charge is 0.453 e. The van der Waals surface area contributed by atoms with E-state index in [2.05, 4.69) is 69.1 Å². The number of rotatable bonds is 14. The van der Waals surface area contributed by atoms with Gasteiger partial charge in [0.05, 0.1) is 26.4 Å². The molecule has 4 heterocycles. The molecule has 4 aromatic rings. The van der Waals surface area contributed by atoms with Gasteiger partial charge in [-0.1, -0.05) is 36.4 Å². The fourth-order valence-corrected chi connectivity index (χ4v) is 7.99. The van der Waals surface area contributed by atoms with Crippen LogP contribution in [-0.4, -0.2) is 99.6 Å². The van der Waals surface area contributed by atoms with Gasteiger partial charge in [-0.05, 0) is 70.5 Å². The van der Waals surface area contributed by atoms with Crippen LogP contribution in [0.4, 0.5) is 0 Å². The van der Waals surface area contributed by atoms with Crippen LogP contribution in [0.15, 0.2) is 59.3 Å². The molecule has 6 rings (SSSR count). The molecule has 234 valence electrons. The van der Waals surface area contributed by atoms with E-state index in [-0.39, 0.29) is 12.2 Å². The number of carbonyl (C=O) groups excluding carboxylic acids is 2. The fourth-order valence-electron chi connectivity index (χ4n) is 6.00. The Morgan fingerprint density at radius 1 is 0.659 bits per heavy atom. The van der Waals surface area contributed by atoms with E-state index >= 15 is 0 Å². The molecule has 0 N–H and O–H groups in total. The number of benzene rings is 2. The Bertz CT molecular complexity index is 1420. The molecule has 0 amide bonds. The minimum absolute atomic E-state index is 0.295. The smallest absolute Gasteiger partial charge is 0.417 e. The summed E-state index contributed by atoms with van der Waals surface area (Å²) in [7, 11) is 0. The van der Waals surface area contributed by atoms with Gasteiger partial charge >= 0.3 is 11.9 Å². The van der Waals surface area contributed by atoms with Gasteiger partial charge in [0.1, 0.15) is 12.2 Å². The van der Waals surface area contributed by atoms with E-state index in [0.29, 0.717) is 52.4 Å². The van der Waals surface area contributed by atoms with E-state index in [9.17, 15) is 9.59 Å². The number of carbonyl (C=O) groups is 2. The van der Waals surface area contributed by atoms with E-state index in [1.54, 1.807) is 22.7 Å². The molecule has 0 radical (unpaired) electrons. The molecule has 0 saturated carbocycles. The van der Waals surface area contributed by atoms with Gasteiger partial charge in [0.2, 0.25) is 0 Å². The molecular weight excluding hydrogens is 597 g/mol. The predicted octanol–water partition coefficient (Wildman–Crippen LogP) is 5.17. The highest BCUT2D eigenvalue weighted by molar-refractivity contribution is 7.17. The van der Waals surface area contributed by atoms with Crippen molar-refractivity contribution < 1.29 is 28.5 Å². The van der Waals surface area contributed by atoms with Crippen LogP contribution in [0.1, 0.15) is 24.0 Å². The monoisotopic (exact) mass is 636 g/mol. The van der Waals surface area contributed by atoms with Crippen LogP contribution in [0.2, 0.25) is 0 Å². The second kappa shape index (κ2) is 15.4. The van der Waals surface area contributed by atoms with Crippen LogP contribution in [0.5, 0.6) is 0 Å². The Kier molecular flexibility index (Phi) is 10.9. The summed E-state index contributed by atoms with van der Waals surface area (Å²) in [6, 6.07) is 16.9. The maximum absolute atomic E-state index is 12.4. The molecule has 8 nitrogen and oxygen atoms in total. The van der Waals surface area contributed by atoms with Crippen molar-refractivity contribution in [2.45, 2.75) is 37.9 Å². The highest BCUT2D eigenvalue weighted by Gasteiger charge is 2.32. The lowest BCUT2D eigenvalue weighted by Gasteiger charge is -2.17. The molecule has 2 fully saturated rings. The third-order valence-electron chi connectivity index (χ3n) is 8.43. The predicted molar refractivity (Wildman–Crippen MR) is 175 cm³/mol. The van der Waals surface area contributed by atoms with Crippen molar-refractivity contribution in [3.8, 4) is 0 Å². The van der Waals surface area contributed by atoms with Gasteiger partial charge in [0.25, 0.3) is 0 Å². The average molecular weight is 637 g/mol. The van der Waals surface area contributed by atoms with Crippen LogP contribution in [0, 0.1) is 0 Å². The fraction of sp³-hybridized carbons (Fsp3) is 0.471. The van der Waals surface area contributed by atoms with Gasteiger partial charge in [0.15, 0.2) is 0 Å². The van der Waals surface area contributed by atoms with Crippen LogP contribution in [-0.2, 0) is 41.4 Å². The first-order valence-corrected chi connectivity index (χ1v) is 17.3. The first kappa shape index (κ1) is 31.1. The van der Waals surface area contributed by atoms with Gasteiger partial charge in [0, 0.05) is 48.7 Å². The van der Waals surface area contributed by atoms with E-state index in [1.807, 2.05) is 0 Å². The summed E-state index contributed by atoms with van der Waals surface area (Å²) in [6.07, 6.45) is 2.62. The van der Waals surface area contributed by atoms with Gasteiger partial charge in [-0.3, -0.25) is 9.80 Å².